The van der Waals surface area contributed by atoms with Gasteiger partial charge in [0.15, 0.2) is 0 Å². The van der Waals surface area contributed by atoms with E-state index >= 15 is 0 Å². The molecule has 0 bridgehead atoms. The molecule has 0 aliphatic heterocycles. The minimum absolute atomic E-state index is 0.300. The van der Waals surface area contributed by atoms with Crippen LogP contribution in [0.5, 0.6) is 5.75 Å². The van der Waals surface area contributed by atoms with Crippen LogP contribution >= 0.6 is 12.6 Å². The lowest BCUT2D eigenvalue weighted by Crippen LogP contribution is -1.92. The molecule has 3 heteroatoms. The summed E-state index contributed by atoms with van der Waals surface area (Å²) in [5.41, 5.74) is 0. The first-order valence-electron chi connectivity index (χ1n) is 3.35. The smallest absolute Gasteiger partial charge is 0.135 e. The molecule has 60 valence electrons. The van der Waals surface area contributed by atoms with E-state index in [-0.39, 0.29) is 5.82 Å². The fourth-order valence-electron chi connectivity index (χ4n) is 0.759. The van der Waals surface area contributed by atoms with E-state index in [4.69, 9.17) is 4.74 Å². The van der Waals surface area contributed by atoms with E-state index in [2.05, 4.69) is 12.6 Å². The fourth-order valence-corrected chi connectivity index (χ4v) is 0.963. The van der Waals surface area contributed by atoms with E-state index in [9.17, 15) is 4.39 Å². The van der Waals surface area contributed by atoms with Crippen LogP contribution in [0.3, 0.4) is 0 Å². The number of hydrogen-bond acceptors (Lipinski definition) is 2. The summed E-state index contributed by atoms with van der Waals surface area (Å²) >= 11 is 4.09. The van der Waals surface area contributed by atoms with Gasteiger partial charge in [0.2, 0.25) is 0 Å². The van der Waals surface area contributed by atoms with Crippen LogP contribution in [0.4, 0.5) is 4.39 Å². The second-order valence-electron chi connectivity index (χ2n) is 2.05. The molecule has 0 unspecified atom stereocenters. The number of hydrogen-bond donors (Lipinski definition) is 1. The summed E-state index contributed by atoms with van der Waals surface area (Å²) in [6.45, 7) is 2.37. The normalized spacial score (nSPS) is 9.73. The third-order valence-corrected chi connectivity index (χ3v) is 1.59. The predicted octanol–water partition coefficient (Wildman–Crippen LogP) is 2.51. The van der Waals surface area contributed by atoms with Crippen LogP contribution in [0.1, 0.15) is 6.92 Å². The Morgan fingerprint density at radius 1 is 1.55 bits per heavy atom. The van der Waals surface area contributed by atoms with Crippen LogP contribution in [-0.4, -0.2) is 6.61 Å². The van der Waals surface area contributed by atoms with Crippen molar-refractivity contribution in [3.63, 3.8) is 0 Å². The van der Waals surface area contributed by atoms with E-state index < -0.39 is 0 Å². The van der Waals surface area contributed by atoms with Crippen LogP contribution in [0, 0.1) is 5.82 Å². The standard InChI is InChI=1S/C8H9FOS/c1-2-10-7-5-6(9)3-4-8(7)11/h3-5,11H,2H2,1H3. The minimum Gasteiger partial charge on any atom is -0.493 e. The lowest BCUT2D eigenvalue weighted by Gasteiger charge is -2.04. The summed E-state index contributed by atoms with van der Waals surface area (Å²) < 4.78 is 17.7. The van der Waals surface area contributed by atoms with Crippen molar-refractivity contribution in [2.45, 2.75) is 11.8 Å². The Morgan fingerprint density at radius 2 is 2.27 bits per heavy atom. The van der Waals surface area contributed by atoms with E-state index in [1.54, 1.807) is 6.07 Å². The maximum Gasteiger partial charge on any atom is 0.135 e. The quantitative estimate of drug-likeness (QED) is 0.674. The number of thiol groups is 1. The van der Waals surface area contributed by atoms with E-state index in [0.717, 1.165) is 0 Å². The van der Waals surface area contributed by atoms with Crippen molar-refractivity contribution in [2.75, 3.05) is 6.61 Å². The van der Waals surface area contributed by atoms with Crippen LogP contribution < -0.4 is 4.74 Å². The maximum absolute atomic E-state index is 12.6. The van der Waals surface area contributed by atoms with Gasteiger partial charge in [0.1, 0.15) is 11.6 Å². The molecule has 0 fully saturated rings. The monoisotopic (exact) mass is 172 g/mol. The van der Waals surface area contributed by atoms with Crippen molar-refractivity contribution in [3.8, 4) is 5.75 Å². The second kappa shape index (κ2) is 3.62. The Kier molecular flexibility index (Phi) is 2.76. The number of benzene rings is 1. The van der Waals surface area contributed by atoms with Crippen LogP contribution in [-0.2, 0) is 0 Å². The molecular weight excluding hydrogens is 163 g/mol. The highest BCUT2D eigenvalue weighted by Crippen LogP contribution is 2.22. The molecule has 1 aromatic rings. The molecule has 0 radical (unpaired) electrons. The topological polar surface area (TPSA) is 9.23 Å². The summed E-state index contributed by atoms with van der Waals surface area (Å²) in [6.07, 6.45) is 0. The minimum atomic E-state index is -0.300. The number of halogens is 1. The number of ether oxygens (including phenoxy) is 1. The summed E-state index contributed by atoms with van der Waals surface area (Å²) in [4.78, 5) is 0.660. The lowest BCUT2D eigenvalue weighted by atomic mass is 10.3. The van der Waals surface area contributed by atoms with Gasteiger partial charge in [-0.1, -0.05) is 0 Å². The molecule has 0 heterocycles. The summed E-state index contributed by atoms with van der Waals surface area (Å²) in [7, 11) is 0. The highest BCUT2D eigenvalue weighted by atomic mass is 32.1. The van der Waals surface area contributed by atoms with Crippen molar-refractivity contribution in [3.05, 3.63) is 24.0 Å². The molecule has 1 nitrogen and oxygen atoms in total. The van der Waals surface area contributed by atoms with Crippen LogP contribution in [0.2, 0.25) is 0 Å². The van der Waals surface area contributed by atoms with Gasteiger partial charge >= 0.3 is 0 Å². The molecule has 1 rings (SSSR count). The third-order valence-electron chi connectivity index (χ3n) is 1.22. The van der Waals surface area contributed by atoms with Crippen molar-refractivity contribution >= 4 is 12.6 Å². The van der Waals surface area contributed by atoms with Crippen molar-refractivity contribution in [1.82, 2.24) is 0 Å². The average molecular weight is 172 g/mol. The van der Waals surface area contributed by atoms with Gasteiger partial charge in [-0.15, -0.1) is 12.6 Å². The lowest BCUT2D eigenvalue weighted by molar-refractivity contribution is 0.330. The molecule has 0 aliphatic carbocycles. The Labute approximate surface area is 70.6 Å². The molecule has 0 saturated carbocycles. The summed E-state index contributed by atoms with van der Waals surface area (Å²) in [5.74, 6) is 0.196. The Morgan fingerprint density at radius 3 is 2.91 bits per heavy atom. The largest absolute Gasteiger partial charge is 0.493 e. The van der Waals surface area contributed by atoms with E-state index in [1.807, 2.05) is 6.92 Å². The van der Waals surface area contributed by atoms with Gasteiger partial charge in [-0.2, -0.15) is 0 Å². The zero-order valence-electron chi connectivity index (χ0n) is 6.17. The van der Waals surface area contributed by atoms with Gasteiger partial charge in [0.05, 0.1) is 6.61 Å². The molecule has 0 aliphatic rings. The molecular formula is C8H9FOS. The summed E-state index contributed by atoms with van der Waals surface area (Å²) in [6, 6.07) is 4.25. The molecule has 0 spiro atoms. The van der Waals surface area contributed by atoms with Crippen molar-refractivity contribution < 1.29 is 9.13 Å². The van der Waals surface area contributed by atoms with Gasteiger partial charge in [0.25, 0.3) is 0 Å². The first-order valence-corrected chi connectivity index (χ1v) is 3.80. The molecule has 0 atom stereocenters. The Bertz CT molecular complexity index is 250. The fraction of sp³-hybridized carbons (Fsp3) is 0.250. The Hall–Kier alpha value is -0.700. The number of rotatable bonds is 2. The highest BCUT2D eigenvalue weighted by Gasteiger charge is 1.99. The van der Waals surface area contributed by atoms with E-state index in [0.29, 0.717) is 17.3 Å². The Balaban J connectivity index is 2.93. The SMILES string of the molecule is CCOc1cc(F)ccc1S. The zero-order chi connectivity index (χ0) is 8.27. The first kappa shape index (κ1) is 8.40. The van der Waals surface area contributed by atoms with Gasteiger partial charge in [-0.3, -0.25) is 0 Å². The highest BCUT2D eigenvalue weighted by molar-refractivity contribution is 7.80. The van der Waals surface area contributed by atoms with E-state index in [1.165, 1.54) is 12.1 Å². The molecule has 1 aromatic carbocycles. The maximum atomic E-state index is 12.6. The second-order valence-corrected chi connectivity index (χ2v) is 2.53. The van der Waals surface area contributed by atoms with Crippen LogP contribution in [0.25, 0.3) is 0 Å². The van der Waals surface area contributed by atoms with Crippen molar-refractivity contribution in [2.24, 2.45) is 0 Å². The molecule has 0 aromatic heterocycles. The average Bonchev–Trinajstić information content (AvgIpc) is 1.98. The molecule has 0 amide bonds. The predicted molar refractivity (Wildman–Crippen MR) is 44.8 cm³/mol. The molecule has 11 heavy (non-hydrogen) atoms. The van der Waals surface area contributed by atoms with Gasteiger partial charge in [-0.25, -0.2) is 4.39 Å². The molecule has 0 saturated heterocycles. The zero-order valence-corrected chi connectivity index (χ0v) is 7.07. The van der Waals surface area contributed by atoms with Gasteiger partial charge < -0.3 is 4.74 Å². The third kappa shape index (κ3) is 2.12. The van der Waals surface area contributed by atoms with Gasteiger partial charge in [0, 0.05) is 11.0 Å². The summed E-state index contributed by atoms with van der Waals surface area (Å²) in [5, 5.41) is 0. The van der Waals surface area contributed by atoms with Crippen LogP contribution in [0.15, 0.2) is 23.1 Å². The molecule has 0 N–H and O–H groups in total. The van der Waals surface area contributed by atoms with Gasteiger partial charge in [-0.05, 0) is 19.1 Å². The van der Waals surface area contributed by atoms with Crippen molar-refractivity contribution in [1.29, 1.82) is 0 Å². The first-order chi connectivity index (χ1) is 5.24.